The average molecular weight is 326 g/mol. The largest absolute Gasteiger partial charge is 0.480 e. The van der Waals surface area contributed by atoms with E-state index in [1.54, 1.807) is 0 Å². The highest BCUT2D eigenvalue weighted by Crippen LogP contribution is 2.06. The number of amides is 2. The first-order chi connectivity index (χ1) is 9.14. The molecule has 8 nitrogen and oxygen atoms in total. The molecular formula is C10H18N2O6S2. The van der Waals surface area contributed by atoms with E-state index >= 15 is 0 Å². The number of carbonyl (C=O) groups excluding carboxylic acids is 2. The van der Waals surface area contributed by atoms with E-state index in [0.29, 0.717) is 0 Å². The molecular weight excluding hydrogens is 308 g/mol. The quantitative estimate of drug-likeness (QED) is 0.419. The van der Waals surface area contributed by atoms with Crippen molar-refractivity contribution < 1.29 is 27.9 Å². The Morgan fingerprint density at radius 1 is 1.30 bits per heavy atom. The molecule has 0 aromatic carbocycles. The lowest BCUT2D eigenvalue weighted by molar-refractivity contribution is -0.140. The number of primary amides is 1. The van der Waals surface area contributed by atoms with Crippen molar-refractivity contribution in [3.63, 3.8) is 0 Å². The number of hydrogen-bond donors (Lipinski definition) is 3. The summed E-state index contributed by atoms with van der Waals surface area (Å²) in [6.07, 6.45) is -0.226. The van der Waals surface area contributed by atoms with Crippen LogP contribution in [0, 0.1) is 0 Å². The monoisotopic (exact) mass is 326 g/mol. The maximum absolute atomic E-state index is 11.5. The van der Waals surface area contributed by atoms with Crippen molar-refractivity contribution in [1.82, 2.24) is 5.32 Å². The molecule has 10 heteroatoms. The van der Waals surface area contributed by atoms with Crippen molar-refractivity contribution in [3.05, 3.63) is 0 Å². The number of nitrogens with one attached hydrogen (secondary N) is 1. The van der Waals surface area contributed by atoms with Gasteiger partial charge < -0.3 is 16.2 Å². The average Bonchev–Trinajstić information content (AvgIpc) is 2.30. The Kier molecular flexibility index (Phi) is 8.23. The minimum Gasteiger partial charge on any atom is -0.480 e. The van der Waals surface area contributed by atoms with Crippen LogP contribution in [0.3, 0.4) is 0 Å². The molecule has 1 atom stereocenters. The van der Waals surface area contributed by atoms with E-state index in [4.69, 9.17) is 10.8 Å². The fourth-order valence-electron chi connectivity index (χ4n) is 1.17. The standard InChI is InChI=1S/C10H18N2O6S2/c1-7(13)12-8(10(15)16)6-19-3-5-20(17,18)4-2-9(11)14/h8H,2-6H2,1H3,(H2,11,14)(H,12,13)(H,15,16). The van der Waals surface area contributed by atoms with Gasteiger partial charge in [0.15, 0.2) is 9.84 Å². The van der Waals surface area contributed by atoms with Crippen LogP contribution in [0.4, 0.5) is 0 Å². The van der Waals surface area contributed by atoms with Gasteiger partial charge in [-0.05, 0) is 0 Å². The zero-order valence-electron chi connectivity index (χ0n) is 11.0. The molecule has 0 aromatic rings. The number of carboxylic acid groups (broad SMARTS) is 1. The Balaban J connectivity index is 4.07. The van der Waals surface area contributed by atoms with Crippen molar-refractivity contribution >= 4 is 39.4 Å². The first-order valence-corrected chi connectivity index (χ1v) is 8.68. The van der Waals surface area contributed by atoms with Gasteiger partial charge in [-0.2, -0.15) is 11.8 Å². The van der Waals surface area contributed by atoms with Gasteiger partial charge in [0.1, 0.15) is 6.04 Å². The van der Waals surface area contributed by atoms with Crippen LogP contribution in [-0.4, -0.2) is 60.4 Å². The number of rotatable bonds is 10. The van der Waals surface area contributed by atoms with Crippen LogP contribution in [0.15, 0.2) is 0 Å². The van der Waals surface area contributed by atoms with Crippen LogP contribution in [0.25, 0.3) is 0 Å². The molecule has 0 bridgehead atoms. The van der Waals surface area contributed by atoms with Crippen LogP contribution in [0.1, 0.15) is 13.3 Å². The fraction of sp³-hybridized carbons (Fsp3) is 0.700. The van der Waals surface area contributed by atoms with E-state index in [-0.39, 0.29) is 29.4 Å². The summed E-state index contributed by atoms with van der Waals surface area (Å²) >= 11 is 1.10. The van der Waals surface area contributed by atoms with Gasteiger partial charge in [0.25, 0.3) is 0 Å². The summed E-state index contributed by atoms with van der Waals surface area (Å²) in [5.41, 5.74) is 4.86. The summed E-state index contributed by atoms with van der Waals surface area (Å²) in [6, 6.07) is -1.05. The number of carbonyl (C=O) groups is 3. The summed E-state index contributed by atoms with van der Waals surface area (Å²) in [5, 5.41) is 11.1. The van der Waals surface area contributed by atoms with Gasteiger partial charge in [-0.15, -0.1) is 0 Å². The Hall–Kier alpha value is -1.29. The molecule has 0 radical (unpaired) electrons. The van der Waals surface area contributed by atoms with Crippen LogP contribution in [0.5, 0.6) is 0 Å². The first-order valence-electron chi connectivity index (χ1n) is 5.70. The Bertz CT molecular complexity index is 462. The molecule has 0 rings (SSSR count). The third-order valence-electron chi connectivity index (χ3n) is 2.16. The molecule has 0 aliphatic rings. The van der Waals surface area contributed by atoms with Crippen molar-refractivity contribution in [1.29, 1.82) is 0 Å². The molecule has 0 fully saturated rings. The highest BCUT2D eigenvalue weighted by Gasteiger charge is 2.19. The molecule has 116 valence electrons. The van der Waals surface area contributed by atoms with Crippen molar-refractivity contribution in [2.75, 3.05) is 23.0 Å². The molecule has 0 spiro atoms. The second-order valence-electron chi connectivity index (χ2n) is 4.03. The van der Waals surface area contributed by atoms with E-state index in [0.717, 1.165) is 11.8 Å². The normalized spacial score (nSPS) is 12.7. The molecule has 0 heterocycles. The first kappa shape index (κ1) is 18.7. The van der Waals surface area contributed by atoms with E-state index in [9.17, 15) is 22.8 Å². The highest BCUT2D eigenvalue weighted by atomic mass is 32.2. The minimum atomic E-state index is -3.37. The minimum absolute atomic E-state index is 0.0697. The molecule has 20 heavy (non-hydrogen) atoms. The molecule has 0 saturated heterocycles. The highest BCUT2D eigenvalue weighted by molar-refractivity contribution is 8.00. The molecule has 0 aromatic heterocycles. The number of carboxylic acids is 1. The van der Waals surface area contributed by atoms with Gasteiger partial charge in [-0.1, -0.05) is 0 Å². The second-order valence-corrected chi connectivity index (χ2v) is 7.49. The van der Waals surface area contributed by atoms with Gasteiger partial charge in [0, 0.05) is 24.9 Å². The number of thioether (sulfide) groups is 1. The van der Waals surface area contributed by atoms with E-state index in [1.165, 1.54) is 6.92 Å². The summed E-state index contributed by atoms with van der Waals surface area (Å²) in [7, 11) is -3.37. The summed E-state index contributed by atoms with van der Waals surface area (Å²) in [5.74, 6) is -2.55. The van der Waals surface area contributed by atoms with E-state index < -0.39 is 33.7 Å². The van der Waals surface area contributed by atoms with E-state index in [1.807, 2.05) is 0 Å². The fourth-order valence-corrected chi connectivity index (χ4v) is 4.00. The van der Waals surface area contributed by atoms with Crippen molar-refractivity contribution in [2.24, 2.45) is 5.73 Å². The second kappa shape index (κ2) is 8.80. The number of sulfone groups is 1. The summed E-state index contributed by atoms with van der Waals surface area (Å²) in [4.78, 5) is 32.1. The smallest absolute Gasteiger partial charge is 0.327 e. The van der Waals surface area contributed by atoms with Crippen LogP contribution in [0.2, 0.25) is 0 Å². The molecule has 0 aliphatic heterocycles. The lowest BCUT2D eigenvalue weighted by Crippen LogP contribution is -2.41. The van der Waals surface area contributed by atoms with Crippen molar-refractivity contribution in [2.45, 2.75) is 19.4 Å². The topological polar surface area (TPSA) is 144 Å². The number of aliphatic carboxylic acids is 1. The van der Waals surface area contributed by atoms with Gasteiger partial charge in [0.2, 0.25) is 11.8 Å². The Morgan fingerprint density at radius 3 is 2.35 bits per heavy atom. The molecule has 2 amide bonds. The van der Waals surface area contributed by atoms with E-state index in [2.05, 4.69) is 5.32 Å². The maximum Gasteiger partial charge on any atom is 0.327 e. The van der Waals surface area contributed by atoms with Crippen LogP contribution in [-0.2, 0) is 24.2 Å². The van der Waals surface area contributed by atoms with Crippen LogP contribution >= 0.6 is 11.8 Å². The predicted molar refractivity (Wildman–Crippen MR) is 75.0 cm³/mol. The molecule has 0 aliphatic carbocycles. The maximum atomic E-state index is 11.5. The Morgan fingerprint density at radius 2 is 1.90 bits per heavy atom. The lowest BCUT2D eigenvalue weighted by Gasteiger charge is -2.12. The predicted octanol–water partition coefficient (Wildman–Crippen LogP) is -1.40. The van der Waals surface area contributed by atoms with Gasteiger partial charge in [0.05, 0.1) is 11.5 Å². The molecule has 4 N–H and O–H groups in total. The zero-order valence-corrected chi connectivity index (χ0v) is 12.6. The number of hydrogen-bond acceptors (Lipinski definition) is 6. The third kappa shape index (κ3) is 9.62. The van der Waals surface area contributed by atoms with Gasteiger partial charge in [-0.3, -0.25) is 9.59 Å². The van der Waals surface area contributed by atoms with Crippen molar-refractivity contribution in [3.8, 4) is 0 Å². The molecule has 0 saturated carbocycles. The molecule has 1 unspecified atom stereocenters. The third-order valence-corrected chi connectivity index (χ3v) is 5.13. The van der Waals surface area contributed by atoms with Gasteiger partial charge >= 0.3 is 5.97 Å². The lowest BCUT2D eigenvalue weighted by atomic mass is 10.3. The summed E-state index contributed by atoms with van der Waals surface area (Å²) in [6.45, 7) is 1.20. The Labute approximate surface area is 121 Å². The van der Waals surface area contributed by atoms with Crippen LogP contribution < -0.4 is 11.1 Å². The zero-order chi connectivity index (χ0) is 15.8. The van der Waals surface area contributed by atoms with Gasteiger partial charge in [-0.25, -0.2) is 13.2 Å². The summed E-state index contributed by atoms with van der Waals surface area (Å²) < 4.78 is 23.0. The SMILES string of the molecule is CC(=O)NC(CSCCS(=O)(=O)CCC(N)=O)C(=O)O. The number of nitrogens with two attached hydrogens (primary N) is 1.